The molecule has 7 rings (SSSR count). The predicted molar refractivity (Wildman–Crippen MR) is 165 cm³/mol. The van der Waals surface area contributed by atoms with Crippen molar-refractivity contribution in [1.82, 2.24) is 29.1 Å². The molecule has 0 radical (unpaired) electrons. The summed E-state index contributed by atoms with van der Waals surface area (Å²) in [5, 5.41) is 9.97. The van der Waals surface area contributed by atoms with Crippen LogP contribution in [0.4, 0.5) is 0 Å². The van der Waals surface area contributed by atoms with Gasteiger partial charge in [-0.05, 0) is 36.1 Å². The van der Waals surface area contributed by atoms with Crippen molar-refractivity contribution < 1.29 is 0 Å². The maximum Gasteiger partial charge on any atom is 0.188 e. The molecule has 0 bridgehead atoms. The summed E-state index contributed by atoms with van der Waals surface area (Å²) in [6.45, 7) is 0. The van der Waals surface area contributed by atoms with Gasteiger partial charge in [-0.2, -0.15) is 0 Å². The van der Waals surface area contributed by atoms with Crippen LogP contribution in [-0.4, -0.2) is 29.1 Å². The number of nitrogens with two attached hydrogens (primary N) is 1. The lowest BCUT2D eigenvalue weighted by molar-refractivity contribution is 0.302. The number of aryl methyl sites for hydroxylation is 1. The highest BCUT2D eigenvalue weighted by molar-refractivity contribution is 5.98. The number of fused-ring (bicyclic) bond motifs is 3. The zero-order valence-corrected chi connectivity index (χ0v) is 23.8. The molecular weight excluding hydrogens is 541 g/mol. The number of aromatic nitrogens is 6. The van der Waals surface area contributed by atoms with Crippen LogP contribution in [0.1, 0.15) is 37.7 Å². The highest BCUT2D eigenvalue weighted by atomic mass is 35.5. The van der Waals surface area contributed by atoms with Crippen LogP contribution >= 0.6 is 24.8 Å². The lowest BCUT2D eigenvalue weighted by Gasteiger charge is -2.34. The summed E-state index contributed by atoms with van der Waals surface area (Å²) >= 11 is 0. The van der Waals surface area contributed by atoms with E-state index < -0.39 is 0 Å². The van der Waals surface area contributed by atoms with Crippen molar-refractivity contribution in [3.63, 3.8) is 0 Å². The number of benzene rings is 2. The Labute approximate surface area is 245 Å². The van der Waals surface area contributed by atoms with Crippen LogP contribution in [0, 0.1) is 0 Å². The summed E-state index contributed by atoms with van der Waals surface area (Å²) in [6.07, 6.45) is 11.5. The van der Waals surface area contributed by atoms with E-state index in [1.165, 1.54) is 24.8 Å². The van der Waals surface area contributed by atoms with Crippen LogP contribution in [0.15, 0.2) is 85.5 Å². The number of hydrogen-bond acceptors (Lipinski definition) is 5. The summed E-state index contributed by atoms with van der Waals surface area (Å²) in [5.74, 6) is 0.710. The molecule has 0 aliphatic heterocycles. The lowest BCUT2D eigenvalue weighted by Crippen LogP contribution is -2.38. The fourth-order valence-electron chi connectivity index (χ4n) is 5.79. The Morgan fingerprint density at radius 2 is 1.60 bits per heavy atom. The molecule has 204 valence electrons. The SMILES string of the molecule is Cl.Cl.Cn1cnc(-c2nnc3c4cc(-c5ccccc5)c(-c5ccc(C6(N)CCCCC6)cc5)nc4ccn23)c1. The molecule has 0 atom stereocenters. The van der Waals surface area contributed by atoms with E-state index in [2.05, 4.69) is 69.8 Å². The number of pyridine rings is 2. The molecule has 0 saturated heterocycles. The van der Waals surface area contributed by atoms with Crippen molar-refractivity contribution in [3.05, 3.63) is 91.0 Å². The fourth-order valence-corrected chi connectivity index (χ4v) is 5.79. The number of hydrogen-bond donors (Lipinski definition) is 1. The van der Waals surface area contributed by atoms with Crippen molar-refractivity contribution in [2.75, 3.05) is 0 Å². The number of nitrogens with zero attached hydrogens (tertiary/aromatic N) is 6. The average Bonchev–Trinajstić information content (AvgIpc) is 3.59. The van der Waals surface area contributed by atoms with Crippen molar-refractivity contribution in [2.45, 2.75) is 37.6 Å². The van der Waals surface area contributed by atoms with Gasteiger partial charge in [-0.3, -0.25) is 4.40 Å². The van der Waals surface area contributed by atoms with Crippen molar-refractivity contribution in [2.24, 2.45) is 12.8 Å². The smallest absolute Gasteiger partial charge is 0.188 e. The highest BCUT2D eigenvalue weighted by Crippen LogP contribution is 2.38. The number of rotatable bonds is 4. The average molecular weight is 573 g/mol. The monoisotopic (exact) mass is 571 g/mol. The zero-order valence-electron chi connectivity index (χ0n) is 22.2. The third-order valence-corrected chi connectivity index (χ3v) is 7.87. The van der Waals surface area contributed by atoms with Crippen LogP contribution in [-0.2, 0) is 12.6 Å². The summed E-state index contributed by atoms with van der Waals surface area (Å²) < 4.78 is 3.89. The Bertz CT molecular complexity index is 1770. The van der Waals surface area contributed by atoms with Crippen LogP contribution in [0.5, 0.6) is 0 Å². The number of imidazole rings is 1. The van der Waals surface area contributed by atoms with Gasteiger partial charge >= 0.3 is 0 Å². The van der Waals surface area contributed by atoms with Crippen molar-refractivity contribution >= 4 is 41.4 Å². The second-order valence-corrected chi connectivity index (χ2v) is 10.4. The second-order valence-electron chi connectivity index (χ2n) is 10.4. The van der Waals surface area contributed by atoms with Crippen LogP contribution in [0.2, 0.25) is 0 Å². The van der Waals surface area contributed by atoms with Gasteiger partial charge in [-0.1, -0.05) is 73.9 Å². The van der Waals surface area contributed by atoms with E-state index in [-0.39, 0.29) is 30.4 Å². The van der Waals surface area contributed by atoms with Gasteiger partial charge in [0.1, 0.15) is 5.69 Å². The zero-order chi connectivity index (χ0) is 25.7. The molecule has 40 heavy (non-hydrogen) atoms. The first kappa shape index (κ1) is 27.8. The lowest BCUT2D eigenvalue weighted by atomic mass is 9.77. The maximum atomic E-state index is 6.83. The van der Waals surface area contributed by atoms with E-state index in [0.29, 0.717) is 5.82 Å². The molecule has 0 amide bonds. The molecule has 9 heteroatoms. The first-order chi connectivity index (χ1) is 18.6. The first-order valence-corrected chi connectivity index (χ1v) is 13.2. The van der Waals surface area contributed by atoms with Gasteiger partial charge in [-0.15, -0.1) is 35.0 Å². The topological polar surface area (TPSA) is 86.9 Å². The Morgan fingerprint density at radius 1 is 0.850 bits per heavy atom. The summed E-state index contributed by atoms with van der Waals surface area (Å²) in [6, 6.07) is 23.4. The van der Waals surface area contributed by atoms with Crippen LogP contribution < -0.4 is 5.73 Å². The van der Waals surface area contributed by atoms with Crippen molar-refractivity contribution in [3.8, 4) is 33.9 Å². The minimum absolute atomic E-state index is 0. The number of halogens is 2. The summed E-state index contributed by atoms with van der Waals surface area (Å²) in [7, 11) is 1.95. The summed E-state index contributed by atoms with van der Waals surface area (Å²) in [5.41, 5.74) is 14.4. The van der Waals surface area contributed by atoms with E-state index in [9.17, 15) is 0 Å². The van der Waals surface area contributed by atoms with E-state index in [4.69, 9.17) is 10.7 Å². The molecule has 1 saturated carbocycles. The van der Waals surface area contributed by atoms with E-state index in [1.807, 2.05) is 40.5 Å². The van der Waals surface area contributed by atoms with Gasteiger partial charge in [0.2, 0.25) is 0 Å². The summed E-state index contributed by atoms with van der Waals surface area (Å²) in [4.78, 5) is 9.65. The molecule has 1 aliphatic rings. The van der Waals surface area contributed by atoms with E-state index in [0.717, 1.165) is 57.5 Å². The third-order valence-electron chi connectivity index (χ3n) is 7.87. The molecule has 4 heterocycles. The molecule has 2 N–H and O–H groups in total. The molecule has 6 aromatic rings. The van der Waals surface area contributed by atoms with Gasteiger partial charge in [0, 0.05) is 41.5 Å². The quantitative estimate of drug-likeness (QED) is 0.247. The Hall–Kier alpha value is -3.78. The molecule has 1 fully saturated rings. The Kier molecular flexibility index (Phi) is 7.64. The van der Waals surface area contributed by atoms with Gasteiger partial charge in [0.05, 0.1) is 17.5 Å². The molecular formula is C31H31Cl2N7. The minimum atomic E-state index is -0.222. The van der Waals surface area contributed by atoms with Crippen LogP contribution in [0.25, 0.3) is 50.5 Å². The standard InChI is InChI=1S/C31H29N7.2ClH/c1-37-19-27(33-20-37)30-36-35-29-25-18-24(21-8-4-2-5-9-21)28(34-26(25)14-17-38(29)30)22-10-12-23(13-11-22)31(32)15-6-3-7-16-31;;/h2,4-5,8-14,17-20H,3,6-7,15-16,32H2,1H3;2*1H. The fraction of sp³-hybridized carbons (Fsp3) is 0.226. The minimum Gasteiger partial charge on any atom is -0.340 e. The normalized spacial score (nSPS) is 14.6. The molecule has 2 aromatic carbocycles. The van der Waals surface area contributed by atoms with Crippen molar-refractivity contribution in [1.29, 1.82) is 0 Å². The van der Waals surface area contributed by atoms with Gasteiger partial charge in [-0.25, -0.2) is 9.97 Å². The third kappa shape index (κ3) is 4.74. The van der Waals surface area contributed by atoms with Crippen LogP contribution in [0.3, 0.4) is 0 Å². The van der Waals surface area contributed by atoms with Gasteiger partial charge in [0.15, 0.2) is 11.5 Å². The Morgan fingerprint density at radius 3 is 2.30 bits per heavy atom. The molecule has 0 unspecified atom stereocenters. The maximum absolute atomic E-state index is 6.83. The molecule has 1 aliphatic carbocycles. The predicted octanol–water partition coefficient (Wildman–Crippen LogP) is 6.97. The second kappa shape index (κ2) is 11.0. The largest absolute Gasteiger partial charge is 0.340 e. The van der Waals surface area contributed by atoms with Gasteiger partial charge in [0.25, 0.3) is 0 Å². The Balaban J connectivity index is 0.00000161. The molecule has 0 spiro atoms. The first-order valence-electron chi connectivity index (χ1n) is 13.2. The highest BCUT2D eigenvalue weighted by Gasteiger charge is 2.29. The molecule has 4 aromatic heterocycles. The van der Waals surface area contributed by atoms with E-state index in [1.54, 1.807) is 6.33 Å². The van der Waals surface area contributed by atoms with E-state index >= 15 is 0 Å². The molecule has 7 nitrogen and oxygen atoms in total. The van der Waals surface area contributed by atoms with Gasteiger partial charge < -0.3 is 10.3 Å².